The Hall–Kier alpha value is -2.41. The molecule has 2 aromatic carbocycles. The predicted molar refractivity (Wildman–Crippen MR) is 89.9 cm³/mol. The van der Waals surface area contributed by atoms with Crippen LogP contribution in [0.5, 0.6) is 0 Å². The average molecular weight is 350 g/mol. The summed E-state index contributed by atoms with van der Waals surface area (Å²) in [6.07, 6.45) is 0. The van der Waals surface area contributed by atoms with Gasteiger partial charge >= 0.3 is 0 Å². The van der Waals surface area contributed by atoms with Gasteiger partial charge in [0, 0.05) is 16.6 Å². The molecule has 0 aliphatic carbocycles. The second kappa shape index (κ2) is 8.44. The number of benzene rings is 2. The van der Waals surface area contributed by atoms with Crippen LogP contribution in [0.1, 0.15) is 5.56 Å². The molecule has 0 unspecified atom stereocenters. The third-order valence-electron chi connectivity index (χ3n) is 3.10. The molecular weight excluding hydrogens is 334 g/mol. The maximum Gasteiger partial charge on any atom is 0.243 e. The maximum atomic E-state index is 13.0. The lowest BCUT2D eigenvalue weighted by atomic mass is 10.2. The summed E-state index contributed by atoms with van der Waals surface area (Å²) in [5.41, 5.74) is 1.20. The summed E-state index contributed by atoms with van der Waals surface area (Å²) in [5.74, 6) is -2.66. The number of aryl methyl sites for hydroxylation is 1. The van der Waals surface area contributed by atoms with E-state index in [2.05, 4.69) is 10.6 Å². The molecule has 0 spiro atoms. The van der Waals surface area contributed by atoms with Crippen LogP contribution in [-0.4, -0.2) is 24.1 Å². The molecule has 2 amide bonds. The number of nitrogens with one attached hydrogen (secondary N) is 2. The molecule has 0 aromatic heterocycles. The quantitative estimate of drug-likeness (QED) is 0.787. The summed E-state index contributed by atoms with van der Waals surface area (Å²) < 4.78 is 25.8. The van der Waals surface area contributed by atoms with E-state index in [1.54, 1.807) is 0 Å². The molecule has 2 aromatic rings. The summed E-state index contributed by atoms with van der Waals surface area (Å²) in [6, 6.07) is 10.7. The summed E-state index contributed by atoms with van der Waals surface area (Å²) in [6.45, 7) is 1.71. The maximum absolute atomic E-state index is 13.0. The molecule has 0 aliphatic rings. The fourth-order valence-electron chi connectivity index (χ4n) is 1.87. The van der Waals surface area contributed by atoms with Gasteiger partial charge in [-0.15, -0.1) is 11.8 Å². The molecule has 2 rings (SSSR count). The number of anilines is 1. The monoisotopic (exact) mass is 350 g/mol. The second-order valence-electron chi connectivity index (χ2n) is 5.01. The molecule has 2 N–H and O–H groups in total. The molecule has 0 saturated heterocycles. The third-order valence-corrected chi connectivity index (χ3v) is 4.28. The van der Waals surface area contributed by atoms with Gasteiger partial charge in [-0.3, -0.25) is 9.59 Å². The molecule has 0 fully saturated rings. The van der Waals surface area contributed by atoms with E-state index in [1.165, 1.54) is 17.8 Å². The molecule has 0 atom stereocenters. The minimum atomic E-state index is -1.05. The molecule has 0 heterocycles. The first-order valence-corrected chi connectivity index (χ1v) is 8.14. The van der Waals surface area contributed by atoms with Crippen molar-refractivity contribution in [3.63, 3.8) is 0 Å². The molecular formula is C17H16F2N2O2S. The van der Waals surface area contributed by atoms with Crippen molar-refractivity contribution in [3.8, 4) is 0 Å². The summed E-state index contributed by atoms with van der Waals surface area (Å²) >= 11 is 1.38. The van der Waals surface area contributed by atoms with Gasteiger partial charge in [-0.25, -0.2) is 8.78 Å². The Labute approximate surface area is 142 Å². The zero-order chi connectivity index (χ0) is 17.5. The number of rotatable bonds is 6. The van der Waals surface area contributed by atoms with Gasteiger partial charge in [0.1, 0.15) is 0 Å². The fraction of sp³-hybridized carbons (Fsp3) is 0.176. The Morgan fingerprint density at radius 1 is 1.04 bits per heavy atom. The highest BCUT2D eigenvalue weighted by molar-refractivity contribution is 8.00. The van der Waals surface area contributed by atoms with Gasteiger partial charge in [-0.2, -0.15) is 0 Å². The van der Waals surface area contributed by atoms with E-state index in [0.29, 0.717) is 0 Å². The number of hydrogen-bond acceptors (Lipinski definition) is 3. The van der Waals surface area contributed by atoms with Crippen LogP contribution in [0.3, 0.4) is 0 Å². The zero-order valence-electron chi connectivity index (χ0n) is 12.9. The predicted octanol–water partition coefficient (Wildman–Crippen LogP) is 3.12. The van der Waals surface area contributed by atoms with Crippen molar-refractivity contribution in [2.75, 3.05) is 17.6 Å². The van der Waals surface area contributed by atoms with Crippen LogP contribution in [0.4, 0.5) is 14.5 Å². The van der Waals surface area contributed by atoms with E-state index in [1.807, 2.05) is 31.2 Å². The number of carbonyl (C=O) groups excluding carboxylic acids is 2. The standard InChI is InChI=1S/C17H16F2N2O2S/c1-11-4-2-3-5-15(11)24-10-17(23)20-9-16(22)21-12-6-7-13(18)14(19)8-12/h2-8H,9-10H2,1H3,(H,20,23)(H,21,22). The van der Waals surface area contributed by atoms with E-state index in [4.69, 9.17) is 0 Å². The van der Waals surface area contributed by atoms with E-state index < -0.39 is 17.5 Å². The molecule has 0 bridgehead atoms. The Morgan fingerprint density at radius 2 is 1.79 bits per heavy atom. The SMILES string of the molecule is Cc1ccccc1SCC(=O)NCC(=O)Nc1ccc(F)c(F)c1. The Kier molecular flexibility index (Phi) is 6.31. The van der Waals surface area contributed by atoms with Crippen molar-refractivity contribution < 1.29 is 18.4 Å². The number of halogens is 2. The molecule has 0 saturated carbocycles. The first-order valence-electron chi connectivity index (χ1n) is 7.16. The largest absolute Gasteiger partial charge is 0.346 e. The second-order valence-corrected chi connectivity index (χ2v) is 6.03. The highest BCUT2D eigenvalue weighted by Crippen LogP contribution is 2.21. The first-order chi connectivity index (χ1) is 11.5. The lowest BCUT2D eigenvalue weighted by Gasteiger charge is -2.08. The minimum Gasteiger partial charge on any atom is -0.346 e. The summed E-state index contributed by atoms with van der Waals surface area (Å²) in [7, 11) is 0. The van der Waals surface area contributed by atoms with Gasteiger partial charge in [0.05, 0.1) is 12.3 Å². The number of thioether (sulfide) groups is 1. The number of carbonyl (C=O) groups is 2. The van der Waals surface area contributed by atoms with Crippen LogP contribution in [0.25, 0.3) is 0 Å². The van der Waals surface area contributed by atoms with Crippen LogP contribution in [0.2, 0.25) is 0 Å². The Bertz CT molecular complexity index is 753. The van der Waals surface area contributed by atoms with Crippen molar-refractivity contribution in [2.45, 2.75) is 11.8 Å². The van der Waals surface area contributed by atoms with Crippen LogP contribution in [0, 0.1) is 18.6 Å². The van der Waals surface area contributed by atoms with Crippen LogP contribution in [0.15, 0.2) is 47.4 Å². The van der Waals surface area contributed by atoms with Gasteiger partial charge < -0.3 is 10.6 Å². The molecule has 24 heavy (non-hydrogen) atoms. The third kappa shape index (κ3) is 5.34. The van der Waals surface area contributed by atoms with Crippen LogP contribution < -0.4 is 10.6 Å². The van der Waals surface area contributed by atoms with Gasteiger partial charge in [0.15, 0.2) is 11.6 Å². The van der Waals surface area contributed by atoms with E-state index in [-0.39, 0.29) is 23.9 Å². The molecule has 4 nitrogen and oxygen atoms in total. The summed E-state index contributed by atoms with van der Waals surface area (Å²) in [4.78, 5) is 24.5. The Morgan fingerprint density at radius 3 is 2.50 bits per heavy atom. The Balaban J connectivity index is 1.76. The van der Waals surface area contributed by atoms with Crippen molar-refractivity contribution >= 4 is 29.3 Å². The van der Waals surface area contributed by atoms with Gasteiger partial charge in [0.25, 0.3) is 0 Å². The number of hydrogen-bond donors (Lipinski definition) is 2. The first kappa shape index (κ1) is 17.9. The molecule has 0 aliphatic heterocycles. The molecule has 0 radical (unpaired) electrons. The zero-order valence-corrected chi connectivity index (χ0v) is 13.8. The molecule has 7 heteroatoms. The minimum absolute atomic E-state index is 0.127. The highest BCUT2D eigenvalue weighted by Gasteiger charge is 2.09. The fourth-order valence-corrected chi connectivity index (χ4v) is 2.73. The smallest absolute Gasteiger partial charge is 0.243 e. The normalized spacial score (nSPS) is 10.3. The van der Waals surface area contributed by atoms with Crippen molar-refractivity contribution in [1.29, 1.82) is 0 Å². The summed E-state index contributed by atoms with van der Waals surface area (Å²) in [5, 5.41) is 4.86. The number of amides is 2. The van der Waals surface area contributed by atoms with Crippen molar-refractivity contribution in [1.82, 2.24) is 5.32 Å². The average Bonchev–Trinajstić information content (AvgIpc) is 2.55. The van der Waals surface area contributed by atoms with Crippen molar-refractivity contribution in [3.05, 3.63) is 59.7 Å². The van der Waals surface area contributed by atoms with Gasteiger partial charge in [-0.05, 0) is 30.7 Å². The lowest BCUT2D eigenvalue weighted by molar-refractivity contribution is -0.122. The van der Waals surface area contributed by atoms with Gasteiger partial charge in [0.2, 0.25) is 11.8 Å². The van der Waals surface area contributed by atoms with Crippen LogP contribution in [-0.2, 0) is 9.59 Å². The van der Waals surface area contributed by atoms with E-state index >= 15 is 0 Å². The highest BCUT2D eigenvalue weighted by atomic mass is 32.2. The van der Waals surface area contributed by atoms with Crippen LogP contribution >= 0.6 is 11.8 Å². The molecule has 126 valence electrons. The van der Waals surface area contributed by atoms with E-state index in [0.717, 1.165) is 22.6 Å². The lowest BCUT2D eigenvalue weighted by Crippen LogP contribution is -2.33. The van der Waals surface area contributed by atoms with Crippen molar-refractivity contribution in [2.24, 2.45) is 0 Å². The topological polar surface area (TPSA) is 58.2 Å². The van der Waals surface area contributed by atoms with Gasteiger partial charge in [-0.1, -0.05) is 18.2 Å². The van der Waals surface area contributed by atoms with E-state index in [9.17, 15) is 18.4 Å².